The van der Waals surface area contributed by atoms with Gasteiger partial charge in [0.05, 0.1) is 0 Å². The van der Waals surface area contributed by atoms with Crippen molar-refractivity contribution in [3.8, 4) is 0 Å². The van der Waals surface area contributed by atoms with Gasteiger partial charge in [-0.3, -0.25) is 4.79 Å². The third-order valence-corrected chi connectivity index (χ3v) is 3.23. The van der Waals surface area contributed by atoms with Gasteiger partial charge in [0.15, 0.2) is 0 Å². The average Bonchev–Trinajstić information content (AvgIpc) is 2.42. The Labute approximate surface area is 115 Å². The molecule has 0 fully saturated rings. The van der Waals surface area contributed by atoms with Gasteiger partial charge in [0.1, 0.15) is 0 Å². The fraction of sp³-hybridized carbons (Fsp3) is 0.500. The summed E-state index contributed by atoms with van der Waals surface area (Å²) in [6, 6.07) is 5.34. The maximum Gasteiger partial charge on any atom is 0.389 e. The number of fused-ring (bicyclic) bond motifs is 1. The first-order valence-electron chi connectivity index (χ1n) is 6.67. The van der Waals surface area contributed by atoms with Crippen molar-refractivity contribution in [3.63, 3.8) is 0 Å². The number of rotatable bonds is 4. The number of amides is 1. The molecule has 0 spiro atoms. The zero-order chi connectivity index (χ0) is 14.6. The zero-order valence-electron chi connectivity index (χ0n) is 11.0. The van der Waals surface area contributed by atoms with Crippen LogP contribution in [0.2, 0.25) is 0 Å². The number of aryl methyl sites for hydroxylation is 1. The number of halogens is 3. The minimum absolute atomic E-state index is 0.0354. The smallest absolute Gasteiger partial charge is 0.385 e. The van der Waals surface area contributed by atoms with E-state index in [0.29, 0.717) is 5.56 Å². The van der Waals surface area contributed by atoms with Gasteiger partial charge in [0, 0.05) is 30.8 Å². The highest BCUT2D eigenvalue weighted by Crippen LogP contribution is 2.23. The third kappa shape index (κ3) is 4.15. The van der Waals surface area contributed by atoms with Crippen LogP contribution in [0.15, 0.2) is 18.2 Å². The lowest BCUT2D eigenvalue weighted by molar-refractivity contribution is -0.135. The van der Waals surface area contributed by atoms with E-state index >= 15 is 0 Å². The molecule has 0 atom stereocenters. The molecule has 0 radical (unpaired) electrons. The van der Waals surface area contributed by atoms with Crippen LogP contribution in [0.4, 0.5) is 18.9 Å². The van der Waals surface area contributed by atoms with E-state index in [2.05, 4.69) is 10.6 Å². The lowest BCUT2D eigenvalue weighted by Crippen LogP contribution is -2.26. The van der Waals surface area contributed by atoms with E-state index in [0.717, 1.165) is 30.6 Å². The molecule has 0 bridgehead atoms. The molecule has 1 amide bonds. The van der Waals surface area contributed by atoms with E-state index in [4.69, 9.17) is 0 Å². The summed E-state index contributed by atoms with van der Waals surface area (Å²) in [5.74, 6) is -0.319. The Bertz CT molecular complexity index is 486. The Hall–Kier alpha value is -1.72. The molecule has 1 aliphatic rings. The lowest BCUT2D eigenvalue weighted by atomic mass is 10.0. The van der Waals surface area contributed by atoms with Crippen molar-refractivity contribution in [2.75, 3.05) is 18.4 Å². The van der Waals surface area contributed by atoms with E-state index in [1.54, 1.807) is 12.1 Å². The molecule has 2 rings (SSSR count). The van der Waals surface area contributed by atoms with Crippen LogP contribution in [0.25, 0.3) is 0 Å². The SMILES string of the molecule is O=C(NCCCC(F)(F)F)c1ccc2c(c1)CCCN2. The molecule has 0 aromatic heterocycles. The molecule has 6 heteroatoms. The van der Waals surface area contributed by atoms with E-state index in [1.165, 1.54) is 0 Å². The van der Waals surface area contributed by atoms with Crippen molar-refractivity contribution in [1.29, 1.82) is 0 Å². The highest BCUT2D eigenvalue weighted by atomic mass is 19.4. The maximum absolute atomic E-state index is 12.0. The van der Waals surface area contributed by atoms with Crippen molar-refractivity contribution in [2.45, 2.75) is 31.9 Å². The van der Waals surface area contributed by atoms with Crippen LogP contribution >= 0.6 is 0 Å². The number of hydrogen-bond acceptors (Lipinski definition) is 2. The van der Waals surface area contributed by atoms with Gasteiger partial charge in [-0.2, -0.15) is 13.2 Å². The molecule has 1 heterocycles. The molecule has 0 unspecified atom stereocenters. The molecule has 1 aromatic carbocycles. The van der Waals surface area contributed by atoms with Crippen LogP contribution in [0, 0.1) is 0 Å². The summed E-state index contributed by atoms with van der Waals surface area (Å²) >= 11 is 0. The quantitative estimate of drug-likeness (QED) is 0.835. The van der Waals surface area contributed by atoms with Crippen LogP contribution in [-0.2, 0) is 6.42 Å². The van der Waals surface area contributed by atoms with Gasteiger partial charge in [-0.05, 0) is 43.0 Å². The molecule has 1 aromatic rings. The second kappa shape index (κ2) is 6.15. The van der Waals surface area contributed by atoms with Crippen LogP contribution in [-0.4, -0.2) is 25.2 Å². The third-order valence-electron chi connectivity index (χ3n) is 3.23. The molecular weight excluding hydrogens is 269 g/mol. The van der Waals surface area contributed by atoms with Crippen molar-refractivity contribution in [2.24, 2.45) is 0 Å². The lowest BCUT2D eigenvalue weighted by Gasteiger charge is -2.18. The number of carbonyl (C=O) groups is 1. The first-order valence-corrected chi connectivity index (χ1v) is 6.67. The van der Waals surface area contributed by atoms with Gasteiger partial charge >= 0.3 is 6.18 Å². The Kier molecular flexibility index (Phi) is 4.52. The minimum atomic E-state index is -4.16. The van der Waals surface area contributed by atoms with Gasteiger partial charge < -0.3 is 10.6 Å². The Morgan fingerprint density at radius 1 is 1.35 bits per heavy atom. The van der Waals surface area contributed by atoms with Gasteiger partial charge in [0.2, 0.25) is 0 Å². The highest BCUT2D eigenvalue weighted by molar-refractivity contribution is 5.94. The molecule has 20 heavy (non-hydrogen) atoms. The van der Waals surface area contributed by atoms with Crippen LogP contribution in [0.3, 0.4) is 0 Å². The molecule has 110 valence electrons. The minimum Gasteiger partial charge on any atom is -0.385 e. The van der Waals surface area contributed by atoms with Crippen molar-refractivity contribution in [1.82, 2.24) is 5.32 Å². The van der Waals surface area contributed by atoms with Crippen molar-refractivity contribution in [3.05, 3.63) is 29.3 Å². The normalized spacial score (nSPS) is 14.3. The van der Waals surface area contributed by atoms with Gasteiger partial charge in [-0.15, -0.1) is 0 Å². The predicted octanol–water partition coefficient (Wildman–Crippen LogP) is 3.12. The summed E-state index contributed by atoms with van der Waals surface area (Å²) in [5.41, 5.74) is 2.61. The van der Waals surface area contributed by atoms with E-state index in [-0.39, 0.29) is 18.9 Å². The fourth-order valence-corrected chi connectivity index (χ4v) is 2.21. The number of nitrogens with one attached hydrogen (secondary N) is 2. The summed E-state index contributed by atoms with van der Waals surface area (Å²) in [6.07, 6.45) is -3.20. The molecule has 3 nitrogen and oxygen atoms in total. The molecule has 0 saturated carbocycles. The predicted molar refractivity (Wildman–Crippen MR) is 70.9 cm³/mol. The summed E-state index contributed by atoms with van der Waals surface area (Å²) < 4.78 is 35.9. The van der Waals surface area contributed by atoms with E-state index in [9.17, 15) is 18.0 Å². The van der Waals surface area contributed by atoms with Crippen molar-refractivity contribution >= 4 is 11.6 Å². The second-order valence-electron chi connectivity index (χ2n) is 4.88. The summed E-state index contributed by atoms with van der Waals surface area (Å²) in [4.78, 5) is 11.8. The van der Waals surface area contributed by atoms with Crippen LogP contribution in [0.1, 0.15) is 35.2 Å². The van der Waals surface area contributed by atoms with E-state index in [1.807, 2.05) is 6.07 Å². The van der Waals surface area contributed by atoms with E-state index < -0.39 is 12.6 Å². The monoisotopic (exact) mass is 286 g/mol. The highest BCUT2D eigenvalue weighted by Gasteiger charge is 2.26. The number of anilines is 1. The average molecular weight is 286 g/mol. The molecule has 2 N–H and O–H groups in total. The number of hydrogen-bond donors (Lipinski definition) is 2. The number of benzene rings is 1. The molecular formula is C14H17F3N2O. The maximum atomic E-state index is 12.0. The molecule has 0 aliphatic carbocycles. The topological polar surface area (TPSA) is 41.1 Å². The molecule has 1 aliphatic heterocycles. The largest absolute Gasteiger partial charge is 0.389 e. The standard InChI is InChI=1S/C14H17F3N2O/c15-14(16,17)6-2-8-19-13(20)11-4-5-12-10(9-11)3-1-7-18-12/h4-5,9,18H,1-3,6-8H2,(H,19,20). The van der Waals surface area contributed by atoms with Crippen molar-refractivity contribution < 1.29 is 18.0 Å². The zero-order valence-corrected chi connectivity index (χ0v) is 11.0. The number of alkyl halides is 3. The van der Waals surface area contributed by atoms with Crippen LogP contribution in [0.5, 0.6) is 0 Å². The Morgan fingerprint density at radius 2 is 2.15 bits per heavy atom. The summed E-state index contributed by atoms with van der Waals surface area (Å²) in [7, 11) is 0. The first-order chi connectivity index (χ1) is 9.46. The summed E-state index contributed by atoms with van der Waals surface area (Å²) in [6.45, 7) is 0.962. The Balaban J connectivity index is 1.86. The molecule has 0 saturated heterocycles. The Morgan fingerprint density at radius 3 is 2.90 bits per heavy atom. The second-order valence-corrected chi connectivity index (χ2v) is 4.88. The fourth-order valence-electron chi connectivity index (χ4n) is 2.21. The van der Waals surface area contributed by atoms with Gasteiger partial charge in [-0.25, -0.2) is 0 Å². The number of carbonyl (C=O) groups excluding carboxylic acids is 1. The van der Waals surface area contributed by atoms with Gasteiger partial charge in [0.25, 0.3) is 5.91 Å². The van der Waals surface area contributed by atoms with Crippen LogP contribution < -0.4 is 10.6 Å². The first kappa shape index (κ1) is 14.7. The summed E-state index contributed by atoms with van der Waals surface area (Å²) in [5, 5.41) is 5.76. The van der Waals surface area contributed by atoms with Gasteiger partial charge in [-0.1, -0.05) is 0 Å².